The maximum Gasteiger partial charge on any atom is 0.0252 e. The zero-order valence-electron chi connectivity index (χ0n) is 14.5. The minimum atomic E-state index is 0.681. The Morgan fingerprint density at radius 3 is 2.40 bits per heavy atom. The van der Waals surface area contributed by atoms with Crippen LogP contribution in [-0.2, 0) is 0 Å². The van der Waals surface area contributed by atoms with Crippen LogP contribution in [0.4, 0.5) is 0 Å². The van der Waals surface area contributed by atoms with E-state index in [9.17, 15) is 0 Å². The highest BCUT2D eigenvalue weighted by atomic mass is 15.2. The zero-order valence-corrected chi connectivity index (χ0v) is 14.5. The van der Waals surface area contributed by atoms with Crippen LogP contribution in [0, 0.1) is 0 Å². The third kappa shape index (κ3) is 6.13. The normalized spacial score (nSPS) is 24.3. The molecule has 1 aliphatic carbocycles. The van der Waals surface area contributed by atoms with Crippen molar-refractivity contribution in [2.45, 2.75) is 104 Å². The second-order valence-electron chi connectivity index (χ2n) is 6.80. The molecule has 1 fully saturated rings. The van der Waals surface area contributed by atoms with Gasteiger partial charge < -0.3 is 5.32 Å². The van der Waals surface area contributed by atoms with E-state index in [1.807, 2.05) is 0 Å². The highest BCUT2D eigenvalue weighted by Gasteiger charge is 2.29. The van der Waals surface area contributed by atoms with E-state index in [-0.39, 0.29) is 0 Å². The van der Waals surface area contributed by atoms with Gasteiger partial charge in [0.05, 0.1) is 0 Å². The molecule has 0 amide bonds. The van der Waals surface area contributed by atoms with E-state index < -0.39 is 0 Å². The molecule has 0 spiro atoms. The Balaban J connectivity index is 2.64. The molecule has 0 radical (unpaired) electrons. The predicted octanol–water partition coefficient (Wildman–Crippen LogP) is 4.59. The first kappa shape index (κ1) is 18.0. The van der Waals surface area contributed by atoms with Gasteiger partial charge in [-0.3, -0.25) is 4.90 Å². The van der Waals surface area contributed by atoms with Crippen LogP contribution in [0.2, 0.25) is 0 Å². The van der Waals surface area contributed by atoms with Crippen molar-refractivity contribution >= 4 is 0 Å². The number of hydrogen-bond donors (Lipinski definition) is 1. The van der Waals surface area contributed by atoms with Crippen molar-refractivity contribution in [3.05, 3.63) is 0 Å². The van der Waals surface area contributed by atoms with Crippen LogP contribution < -0.4 is 5.32 Å². The van der Waals surface area contributed by atoms with Crippen molar-refractivity contribution in [1.29, 1.82) is 0 Å². The molecule has 2 unspecified atom stereocenters. The summed E-state index contributed by atoms with van der Waals surface area (Å²) >= 11 is 0. The van der Waals surface area contributed by atoms with Gasteiger partial charge in [0.2, 0.25) is 0 Å². The molecule has 0 bridgehead atoms. The summed E-state index contributed by atoms with van der Waals surface area (Å²) < 4.78 is 0. The average molecular weight is 283 g/mol. The Morgan fingerprint density at radius 2 is 1.75 bits per heavy atom. The van der Waals surface area contributed by atoms with Crippen LogP contribution in [0.25, 0.3) is 0 Å². The fourth-order valence-electron chi connectivity index (χ4n) is 3.60. The number of unbranched alkanes of at least 4 members (excludes halogenated alkanes) is 2. The van der Waals surface area contributed by atoms with Gasteiger partial charge in [0.1, 0.15) is 0 Å². The minimum absolute atomic E-state index is 0.681. The zero-order chi connectivity index (χ0) is 14.8. The first-order valence-corrected chi connectivity index (χ1v) is 9.19. The van der Waals surface area contributed by atoms with Gasteiger partial charge in [-0.1, -0.05) is 46.0 Å². The molecular formula is C18H38N2. The van der Waals surface area contributed by atoms with E-state index in [1.165, 1.54) is 70.9 Å². The first-order chi connectivity index (χ1) is 9.70. The molecule has 2 heteroatoms. The number of rotatable bonds is 9. The third-order valence-corrected chi connectivity index (χ3v) is 4.75. The summed E-state index contributed by atoms with van der Waals surface area (Å²) in [6, 6.07) is 2.17. The van der Waals surface area contributed by atoms with Crippen LogP contribution in [0.5, 0.6) is 0 Å². The van der Waals surface area contributed by atoms with E-state index in [1.54, 1.807) is 0 Å². The van der Waals surface area contributed by atoms with Crippen molar-refractivity contribution in [2.75, 3.05) is 13.1 Å². The molecule has 1 rings (SSSR count). The lowest BCUT2D eigenvalue weighted by atomic mass is 9.99. The molecule has 120 valence electrons. The van der Waals surface area contributed by atoms with Crippen molar-refractivity contribution in [3.8, 4) is 0 Å². The maximum atomic E-state index is 3.85. The van der Waals surface area contributed by atoms with Crippen molar-refractivity contribution in [1.82, 2.24) is 10.2 Å². The molecule has 0 aliphatic heterocycles. The molecule has 20 heavy (non-hydrogen) atoms. The predicted molar refractivity (Wildman–Crippen MR) is 90.3 cm³/mol. The first-order valence-electron chi connectivity index (χ1n) is 9.19. The highest BCUT2D eigenvalue weighted by Crippen LogP contribution is 2.24. The molecule has 1 aliphatic rings. The maximum absolute atomic E-state index is 3.85. The molecule has 1 saturated carbocycles. The Bertz CT molecular complexity index is 227. The van der Waals surface area contributed by atoms with Gasteiger partial charge in [-0.05, 0) is 52.6 Å². The Kier molecular flexibility index (Phi) is 9.54. The van der Waals surface area contributed by atoms with Gasteiger partial charge in [-0.25, -0.2) is 0 Å². The van der Waals surface area contributed by atoms with Crippen molar-refractivity contribution in [3.63, 3.8) is 0 Å². The van der Waals surface area contributed by atoms with Gasteiger partial charge in [0, 0.05) is 18.1 Å². The lowest BCUT2D eigenvalue weighted by Crippen LogP contribution is -2.52. The molecule has 0 aromatic rings. The smallest absolute Gasteiger partial charge is 0.0252 e. The Morgan fingerprint density at radius 1 is 1.00 bits per heavy atom. The summed E-state index contributed by atoms with van der Waals surface area (Å²) in [7, 11) is 0. The summed E-state index contributed by atoms with van der Waals surface area (Å²) in [5.41, 5.74) is 0. The molecule has 1 N–H and O–H groups in total. The molecule has 0 aromatic heterocycles. The fourth-order valence-corrected chi connectivity index (χ4v) is 3.60. The molecule has 0 heterocycles. The molecule has 2 nitrogen and oxygen atoms in total. The second kappa shape index (κ2) is 10.6. The second-order valence-corrected chi connectivity index (χ2v) is 6.80. The van der Waals surface area contributed by atoms with E-state index in [0.29, 0.717) is 6.04 Å². The highest BCUT2D eigenvalue weighted by molar-refractivity contribution is 4.88. The Labute approximate surface area is 127 Å². The molecular weight excluding hydrogens is 244 g/mol. The summed E-state index contributed by atoms with van der Waals surface area (Å²) in [6.07, 6.45) is 12.4. The lowest BCUT2D eigenvalue weighted by Gasteiger charge is -2.39. The van der Waals surface area contributed by atoms with Gasteiger partial charge in [0.25, 0.3) is 0 Å². The number of nitrogens with zero attached hydrogens (tertiary/aromatic N) is 1. The average Bonchev–Trinajstić information content (AvgIpc) is 2.66. The van der Waals surface area contributed by atoms with Crippen LogP contribution in [0.15, 0.2) is 0 Å². The van der Waals surface area contributed by atoms with E-state index in [4.69, 9.17) is 0 Å². The SMILES string of the molecule is CCCCCN(C(C)C)C1CCCCCC1NCCC. The minimum Gasteiger partial charge on any atom is -0.312 e. The third-order valence-electron chi connectivity index (χ3n) is 4.75. The molecule has 0 saturated heterocycles. The Hall–Kier alpha value is -0.0800. The van der Waals surface area contributed by atoms with E-state index in [2.05, 4.69) is 37.9 Å². The van der Waals surface area contributed by atoms with Crippen LogP contribution in [0.3, 0.4) is 0 Å². The van der Waals surface area contributed by atoms with Crippen LogP contribution in [-0.4, -0.2) is 36.1 Å². The quantitative estimate of drug-likeness (QED) is 0.491. The summed E-state index contributed by atoms with van der Waals surface area (Å²) in [4.78, 5) is 2.80. The molecule has 2 atom stereocenters. The van der Waals surface area contributed by atoms with Crippen molar-refractivity contribution in [2.24, 2.45) is 0 Å². The monoisotopic (exact) mass is 282 g/mol. The standard InChI is InChI=1S/C18H38N2/c1-5-7-11-15-20(16(3)4)18-13-10-8-9-12-17(18)19-14-6-2/h16-19H,5-15H2,1-4H3. The van der Waals surface area contributed by atoms with Crippen molar-refractivity contribution < 1.29 is 0 Å². The molecule has 0 aromatic carbocycles. The van der Waals surface area contributed by atoms with Crippen LogP contribution in [0.1, 0.15) is 85.5 Å². The number of nitrogens with one attached hydrogen (secondary N) is 1. The summed E-state index contributed by atoms with van der Waals surface area (Å²) in [6.45, 7) is 11.8. The van der Waals surface area contributed by atoms with Gasteiger partial charge in [0.15, 0.2) is 0 Å². The fraction of sp³-hybridized carbons (Fsp3) is 1.00. The largest absolute Gasteiger partial charge is 0.312 e. The lowest BCUT2D eigenvalue weighted by molar-refractivity contribution is 0.111. The number of hydrogen-bond acceptors (Lipinski definition) is 2. The summed E-state index contributed by atoms with van der Waals surface area (Å²) in [5, 5.41) is 3.85. The van der Waals surface area contributed by atoms with Gasteiger partial charge >= 0.3 is 0 Å². The van der Waals surface area contributed by atoms with Crippen LogP contribution >= 0.6 is 0 Å². The van der Waals surface area contributed by atoms with Gasteiger partial charge in [-0.2, -0.15) is 0 Å². The van der Waals surface area contributed by atoms with Gasteiger partial charge in [-0.15, -0.1) is 0 Å². The summed E-state index contributed by atoms with van der Waals surface area (Å²) in [5.74, 6) is 0. The van der Waals surface area contributed by atoms with E-state index >= 15 is 0 Å². The van der Waals surface area contributed by atoms with E-state index in [0.717, 1.165) is 12.1 Å². The topological polar surface area (TPSA) is 15.3 Å².